The van der Waals surface area contributed by atoms with Crippen LogP contribution >= 0.6 is 0 Å². The van der Waals surface area contributed by atoms with Crippen LogP contribution in [0.3, 0.4) is 0 Å². The Morgan fingerprint density at radius 3 is 2.45 bits per heavy atom. The summed E-state index contributed by atoms with van der Waals surface area (Å²) >= 11 is 0. The summed E-state index contributed by atoms with van der Waals surface area (Å²) < 4.78 is 6.95. The maximum absolute atomic E-state index is 12.6. The second kappa shape index (κ2) is 5.66. The number of aromatic nitrogens is 1. The largest absolute Gasteiger partial charge is 0.497 e. The van der Waals surface area contributed by atoms with E-state index in [0.29, 0.717) is 11.9 Å². The fraction of sp³-hybridized carbons (Fsp3) is 0.167. The van der Waals surface area contributed by atoms with Gasteiger partial charge < -0.3 is 15.0 Å². The summed E-state index contributed by atoms with van der Waals surface area (Å²) in [4.78, 5) is 12.6. The molecular formula is C18H18N2O2. The highest BCUT2D eigenvalue weighted by molar-refractivity contribution is 5.98. The van der Waals surface area contributed by atoms with E-state index in [1.807, 2.05) is 42.5 Å². The minimum absolute atomic E-state index is 0.0437. The molecule has 0 fully saturated rings. The molecule has 3 aromatic rings. The number of rotatable bonds is 3. The number of pyridine rings is 1. The molecule has 2 N–H and O–H groups in total. The zero-order chi connectivity index (χ0) is 15.7. The van der Waals surface area contributed by atoms with E-state index in [2.05, 4.69) is 0 Å². The zero-order valence-electron chi connectivity index (χ0n) is 12.7. The van der Waals surface area contributed by atoms with Crippen molar-refractivity contribution in [2.24, 2.45) is 12.8 Å². The van der Waals surface area contributed by atoms with Crippen molar-refractivity contribution in [1.29, 1.82) is 0 Å². The highest BCUT2D eigenvalue weighted by atomic mass is 16.5. The van der Waals surface area contributed by atoms with E-state index in [9.17, 15) is 4.79 Å². The van der Waals surface area contributed by atoms with Gasteiger partial charge in [0.15, 0.2) is 0 Å². The molecule has 0 saturated heterocycles. The minimum Gasteiger partial charge on any atom is -0.497 e. The Bertz CT molecular complexity index is 883. The van der Waals surface area contributed by atoms with Crippen molar-refractivity contribution in [2.75, 3.05) is 7.11 Å². The van der Waals surface area contributed by atoms with Gasteiger partial charge in [0.1, 0.15) is 5.75 Å². The Morgan fingerprint density at radius 1 is 1.09 bits per heavy atom. The van der Waals surface area contributed by atoms with E-state index in [0.717, 1.165) is 28.0 Å². The average molecular weight is 294 g/mol. The second-order valence-electron chi connectivity index (χ2n) is 5.17. The SMILES string of the molecule is COc1ccc2c(=O)n(C)c(CN)c(-c3ccccc3)c2c1. The molecule has 0 saturated carbocycles. The van der Waals surface area contributed by atoms with Gasteiger partial charge in [0.05, 0.1) is 7.11 Å². The van der Waals surface area contributed by atoms with Crippen LogP contribution in [-0.2, 0) is 13.6 Å². The van der Waals surface area contributed by atoms with Gasteiger partial charge in [-0.1, -0.05) is 30.3 Å². The topological polar surface area (TPSA) is 57.2 Å². The third kappa shape index (κ3) is 2.18. The molecule has 0 atom stereocenters. The fourth-order valence-corrected chi connectivity index (χ4v) is 2.84. The molecule has 0 unspecified atom stereocenters. The lowest BCUT2D eigenvalue weighted by molar-refractivity contribution is 0.415. The summed E-state index contributed by atoms with van der Waals surface area (Å²) in [6.07, 6.45) is 0. The number of fused-ring (bicyclic) bond motifs is 1. The number of hydrogen-bond donors (Lipinski definition) is 1. The Labute approximate surface area is 128 Å². The van der Waals surface area contributed by atoms with Crippen molar-refractivity contribution in [3.8, 4) is 16.9 Å². The Hall–Kier alpha value is -2.59. The number of nitrogens with zero attached hydrogens (tertiary/aromatic N) is 1. The first-order valence-corrected chi connectivity index (χ1v) is 7.12. The molecule has 4 nitrogen and oxygen atoms in total. The van der Waals surface area contributed by atoms with Crippen LogP contribution in [0.15, 0.2) is 53.3 Å². The lowest BCUT2D eigenvalue weighted by Gasteiger charge is -2.17. The van der Waals surface area contributed by atoms with Gasteiger partial charge >= 0.3 is 0 Å². The van der Waals surface area contributed by atoms with E-state index < -0.39 is 0 Å². The molecule has 4 heteroatoms. The van der Waals surface area contributed by atoms with Gasteiger partial charge in [-0.15, -0.1) is 0 Å². The number of hydrogen-bond acceptors (Lipinski definition) is 3. The van der Waals surface area contributed by atoms with Gasteiger partial charge in [-0.3, -0.25) is 4.79 Å². The normalized spacial score (nSPS) is 10.9. The maximum atomic E-state index is 12.6. The van der Waals surface area contributed by atoms with Crippen LogP contribution in [0, 0.1) is 0 Å². The Morgan fingerprint density at radius 2 is 1.82 bits per heavy atom. The van der Waals surface area contributed by atoms with E-state index in [-0.39, 0.29) is 5.56 Å². The Kier molecular flexibility index (Phi) is 3.69. The summed E-state index contributed by atoms with van der Waals surface area (Å²) in [5.74, 6) is 0.723. The summed E-state index contributed by atoms with van der Waals surface area (Å²) in [6.45, 7) is 0.295. The summed E-state index contributed by atoms with van der Waals surface area (Å²) in [6, 6.07) is 15.5. The number of benzene rings is 2. The van der Waals surface area contributed by atoms with Gasteiger partial charge in [-0.2, -0.15) is 0 Å². The average Bonchev–Trinajstić information content (AvgIpc) is 2.58. The van der Waals surface area contributed by atoms with E-state index in [4.69, 9.17) is 10.5 Å². The molecule has 0 radical (unpaired) electrons. The van der Waals surface area contributed by atoms with Gasteiger partial charge in [0.25, 0.3) is 5.56 Å². The molecule has 0 aliphatic heterocycles. The number of methoxy groups -OCH3 is 1. The van der Waals surface area contributed by atoms with Crippen LogP contribution in [0.2, 0.25) is 0 Å². The van der Waals surface area contributed by atoms with Crippen LogP contribution in [0.5, 0.6) is 5.75 Å². The molecule has 0 aliphatic rings. The van der Waals surface area contributed by atoms with E-state index in [1.54, 1.807) is 24.8 Å². The van der Waals surface area contributed by atoms with Gasteiger partial charge in [0.2, 0.25) is 0 Å². The zero-order valence-corrected chi connectivity index (χ0v) is 12.7. The summed E-state index contributed by atoms with van der Waals surface area (Å²) in [5.41, 5.74) is 8.73. The van der Waals surface area contributed by atoms with Gasteiger partial charge in [0, 0.05) is 35.6 Å². The standard InChI is InChI=1S/C18H18N2O2/c1-20-16(11-19)17(12-6-4-3-5-7-12)15-10-13(22-2)8-9-14(15)18(20)21/h3-10H,11,19H2,1-2H3. The number of nitrogens with two attached hydrogens (primary N) is 1. The van der Waals surface area contributed by atoms with Crippen LogP contribution in [0.1, 0.15) is 5.69 Å². The minimum atomic E-state index is -0.0437. The van der Waals surface area contributed by atoms with Crippen LogP contribution in [-0.4, -0.2) is 11.7 Å². The smallest absolute Gasteiger partial charge is 0.258 e. The third-order valence-electron chi connectivity index (χ3n) is 3.98. The van der Waals surface area contributed by atoms with Crippen molar-refractivity contribution >= 4 is 10.8 Å². The summed E-state index contributed by atoms with van der Waals surface area (Å²) in [5, 5.41) is 1.54. The first-order valence-electron chi connectivity index (χ1n) is 7.12. The molecule has 2 aromatic carbocycles. The predicted molar refractivity (Wildman–Crippen MR) is 89.1 cm³/mol. The second-order valence-corrected chi connectivity index (χ2v) is 5.17. The quantitative estimate of drug-likeness (QED) is 0.808. The van der Waals surface area contributed by atoms with Crippen LogP contribution in [0.25, 0.3) is 21.9 Å². The first-order chi connectivity index (χ1) is 10.7. The van der Waals surface area contributed by atoms with Crippen molar-refractivity contribution in [3.05, 3.63) is 64.6 Å². The van der Waals surface area contributed by atoms with Crippen LogP contribution < -0.4 is 16.0 Å². The lowest BCUT2D eigenvalue weighted by Crippen LogP contribution is -2.23. The molecule has 0 aliphatic carbocycles. The third-order valence-corrected chi connectivity index (χ3v) is 3.98. The maximum Gasteiger partial charge on any atom is 0.258 e. The van der Waals surface area contributed by atoms with Gasteiger partial charge in [-0.25, -0.2) is 0 Å². The first kappa shape index (κ1) is 14.4. The highest BCUT2D eigenvalue weighted by Crippen LogP contribution is 2.32. The molecule has 112 valence electrons. The molecule has 22 heavy (non-hydrogen) atoms. The lowest BCUT2D eigenvalue weighted by atomic mass is 9.96. The number of ether oxygens (including phenoxy) is 1. The molecule has 0 amide bonds. The van der Waals surface area contributed by atoms with Crippen LogP contribution in [0.4, 0.5) is 0 Å². The van der Waals surface area contributed by atoms with Gasteiger partial charge in [-0.05, 0) is 23.8 Å². The van der Waals surface area contributed by atoms with E-state index >= 15 is 0 Å². The molecule has 3 rings (SSSR count). The Balaban J connectivity index is 2.51. The highest BCUT2D eigenvalue weighted by Gasteiger charge is 2.15. The molecule has 1 heterocycles. The van der Waals surface area contributed by atoms with Crippen molar-refractivity contribution in [1.82, 2.24) is 4.57 Å². The monoisotopic (exact) mass is 294 g/mol. The molecule has 0 bridgehead atoms. The van der Waals surface area contributed by atoms with Crippen molar-refractivity contribution in [2.45, 2.75) is 6.54 Å². The fourth-order valence-electron chi connectivity index (χ4n) is 2.84. The summed E-state index contributed by atoms with van der Waals surface area (Å²) in [7, 11) is 3.38. The molecule has 0 spiro atoms. The van der Waals surface area contributed by atoms with Crippen molar-refractivity contribution < 1.29 is 4.74 Å². The predicted octanol–water partition coefficient (Wildman–Crippen LogP) is 2.67. The molecule has 1 aromatic heterocycles. The molecular weight excluding hydrogens is 276 g/mol. The van der Waals surface area contributed by atoms with E-state index in [1.165, 1.54) is 0 Å². The van der Waals surface area contributed by atoms with Crippen molar-refractivity contribution in [3.63, 3.8) is 0 Å².